The maximum atomic E-state index is 12.3. The number of carbonyl (C=O) groups is 2. The molecule has 0 aliphatic carbocycles. The molecule has 0 unspecified atom stereocenters. The first-order valence-electron chi connectivity index (χ1n) is 5.41. The van der Waals surface area contributed by atoms with E-state index in [1.54, 1.807) is 25.1 Å². The standard InChI is InChI=1S/C12H11N3O3S/c1-7-10(19-14-13-7)11(16)15(2)9-6-4-3-5-8(9)12(17)18/h3-6H,1-2H3,(H,17,18). The molecule has 1 aromatic heterocycles. The number of hydrogen-bond acceptors (Lipinski definition) is 5. The molecule has 0 saturated heterocycles. The van der Waals surface area contributed by atoms with Crippen molar-refractivity contribution in [1.29, 1.82) is 0 Å². The number of carbonyl (C=O) groups excluding carboxylic acids is 1. The predicted molar refractivity (Wildman–Crippen MR) is 70.8 cm³/mol. The van der Waals surface area contributed by atoms with Crippen LogP contribution < -0.4 is 4.90 Å². The SMILES string of the molecule is Cc1nnsc1C(=O)N(C)c1ccccc1C(=O)O. The van der Waals surface area contributed by atoms with Crippen LogP contribution in [0.2, 0.25) is 0 Å². The van der Waals surface area contributed by atoms with E-state index in [4.69, 9.17) is 5.11 Å². The number of carboxylic acid groups (broad SMARTS) is 1. The summed E-state index contributed by atoms with van der Waals surface area (Å²) in [6.07, 6.45) is 0. The maximum Gasteiger partial charge on any atom is 0.337 e. The van der Waals surface area contributed by atoms with Crippen LogP contribution in [0.4, 0.5) is 5.69 Å². The number of aromatic nitrogens is 2. The van der Waals surface area contributed by atoms with Gasteiger partial charge in [0, 0.05) is 7.05 Å². The van der Waals surface area contributed by atoms with Gasteiger partial charge in [0.05, 0.1) is 16.9 Å². The van der Waals surface area contributed by atoms with Gasteiger partial charge in [0.2, 0.25) is 0 Å². The van der Waals surface area contributed by atoms with Crippen LogP contribution in [0.15, 0.2) is 24.3 Å². The van der Waals surface area contributed by atoms with Gasteiger partial charge in [0.15, 0.2) is 0 Å². The van der Waals surface area contributed by atoms with E-state index in [2.05, 4.69) is 9.59 Å². The van der Waals surface area contributed by atoms with E-state index in [0.717, 1.165) is 11.5 Å². The molecule has 1 amide bonds. The van der Waals surface area contributed by atoms with Crippen molar-refractivity contribution < 1.29 is 14.7 Å². The molecule has 0 saturated carbocycles. The lowest BCUT2D eigenvalue weighted by Gasteiger charge is -2.18. The summed E-state index contributed by atoms with van der Waals surface area (Å²) in [6.45, 7) is 1.69. The number of anilines is 1. The molecule has 0 bridgehead atoms. The van der Waals surface area contributed by atoms with E-state index in [-0.39, 0.29) is 11.5 Å². The summed E-state index contributed by atoms with van der Waals surface area (Å²) in [5, 5.41) is 12.9. The first-order valence-corrected chi connectivity index (χ1v) is 6.19. The molecule has 6 nitrogen and oxygen atoms in total. The molecule has 19 heavy (non-hydrogen) atoms. The topological polar surface area (TPSA) is 83.4 Å². The Morgan fingerprint density at radius 2 is 2.00 bits per heavy atom. The number of rotatable bonds is 3. The lowest BCUT2D eigenvalue weighted by atomic mass is 10.1. The Labute approximate surface area is 113 Å². The van der Waals surface area contributed by atoms with E-state index in [9.17, 15) is 9.59 Å². The summed E-state index contributed by atoms with van der Waals surface area (Å²) < 4.78 is 3.70. The number of carboxylic acids is 1. The van der Waals surface area contributed by atoms with Crippen molar-refractivity contribution in [1.82, 2.24) is 9.59 Å². The van der Waals surface area contributed by atoms with Crippen molar-refractivity contribution in [2.45, 2.75) is 6.92 Å². The molecule has 98 valence electrons. The highest BCUT2D eigenvalue weighted by Gasteiger charge is 2.22. The van der Waals surface area contributed by atoms with Gasteiger partial charge in [0.25, 0.3) is 5.91 Å². The van der Waals surface area contributed by atoms with Crippen LogP contribution in [-0.2, 0) is 0 Å². The summed E-state index contributed by atoms with van der Waals surface area (Å²) in [5.74, 6) is -1.39. The zero-order valence-corrected chi connectivity index (χ0v) is 11.1. The summed E-state index contributed by atoms with van der Waals surface area (Å²) in [5.41, 5.74) is 0.955. The number of hydrogen-bond donors (Lipinski definition) is 1. The third-order valence-electron chi connectivity index (χ3n) is 2.65. The molecule has 1 heterocycles. The van der Waals surface area contributed by atoms with Crippen molar-refractivity contribution >= 4 is 29.1 Å². The molecule has 0 spiro atoms. The monoisotopic (exact) mass is 277 g/mol. The van der Waals surface area contributed by atoms with Crippen molar-refractivity contribution in [2.24, 2.45) is 0 Å². The van der Waals surface area contributed by atoms with Crippen molar-refractivity contribution in [3.63, 3.8) is 0 Å². The minimum Gasteiger partial charge on any atom is -0.478 e. The summed E-state index contributed by atoms with van der Waals surface area (Å²) >= 11 is 0.995. The van der Waals surface area contributed by atoms with E-state index >= 15 is 0 Å². The van der Waals surface area contributed by atoms with Crippen molar-refractivity contribution in [2.75, 3.05) is 11.9 Å². The zero-order valence-electron chi connectivity index (χ0n) is 10.3. The normalized spacial score (nSPS) is 10.2. The van der Waals surface area contributed by atoms with Crippen LogP contribution in [-0.4, -0.2) is 33.6 Å². The highest BCUT2D eigenvalue weighted by atomic mass is 32.1. The smallest absolute Gasteiger partial charge is 0.337 e. The lowest BCUT2D eigenvalue weighted by Crippen LogP contribution is -2.27. The largest absolute Gasteiger partial charge is 0.478 e. The Morgan fingerprint density at radius 3 is 2.58 bits per heavy atom. The summed E-state index contributed by atoms with van der Waals surface area (Å²) in [4.78, 5) is 25.1. The number of aryl methyl sites for hydroxylation is 1. The van der Waals surface area contributed by atoms with E-state index < -0.39 is 5.97 Å². The molecule has 0 radical (unpaired) electrons. The molecule has 0 aliphatic heterocycles. The molecule has 1 aromatic carbocycles. The molecule has 2 rings (SSSR count). The quantitative estimate of drug-likeness (QED) is 0.925. The van der Waals surface area contributed by atoms with Gasteiger partial charge in [-0.25, -0.2) is 4.79 Å². The Hall–Kier alpha value is -2.28. The second-order valence-electron chi connectivity index (χ2n) is 3.87. The van der Waals surface area contributed by atoms with E-state index in [0.29, 0.717) is 16.3 Å². The second kappa shape index (κ2) is 5.15. The molecule has 0 atom stereocenters. The van der Waals surface area contributed by atoms with Gasteiger partial charge in [0.1, 0.15) is 4.88 Å². The fourth-order valence-electron chi connectivity index (χ4n) is 1.64. The van der Waals surface area contributed by atoms with Crippen LogP contribution >= 0.6 is 11.5 Å². The minimum absolute atomic E-state index is 0.0773. The fraction of sp³-hybridized carbons (Fsp3) is 0.167. The Balaban J connectivity index is 2.40. The van der Waals surface area contributed by atoms with Crippen molar-refractivity contribution in [3.8, 4) is 0 Å². The van der Waals surface area contributed by atoms with Gasteiger partial charge in [-0.1, -0.05) is 16.6 Å². The number of benzene rings is 1. The number of nitrogens with zero attached hydrogens (tertiary/aromatic N) is 3. The minimum atomic E-state index is -1.07. The lowest BCUT2D eigenvalue weighted by molar-refractivity contribution is 0.0697. The average Bonchev–Trinajstić information content (AvgIpc) is 2.83. The number of aromatic carboxylic acids is 1. The van der Waals surface area contributed by atoms with Gasteiger partial charge in [-0.2, -0.15) is 0 Å². The molecular weight excluding hydrogens is 266 g/mol. The molecule has 7 heteroatoms. The first kappa shape index (κ1) is 13.2. The third kappa shape index (κ3) is 2.45. The molecule has 0 fully saturated rings. The van der Waals surface area contributed by atoms with Crippen LogP contribution in [0.25, 0.3) is 0 Å². The van der Waals surface area contributed by atoms with Gasteiger partial charge in [-0.05, 0) is 30.6 Å². The van der Waals surface area contributed by atoms with Gasteiger partial charge in [-0.3, -0.25) is 4.79 Å². The highest BCUT2D eigenvalue weighted by molar-refractivity contribution is 7.08. The zero-order chi connectivity index (χ0) is 14.0. The van der Waals surface area contributed by atoms with E-state index in [1.165, 1.54) is 18.0 Å². The number of amides is 1. The summed E-state index contributed by atoms with van der Waals surface area (Å²) in [6, 6.07) is 6.35. The Morgan fingerprint density at radius 1 is 1.32 bits per heavy atom. The van der Waals surface area contributed by atoms with Gasteiger partial charge >= 0.3 is 5.97 Å². The fourth-order valence-corrected chi connectivity index (χ4v) is 2.27. The Kier molecular flexibility index (Phi) is 3.57. The molecule has 2 aromatic rings. The second-order valence-corrected chi connectivity index (χ2v) is 4.63. The third-order valence-corrected chi connectivity index (χ3v) is 3.46. The number of para-hydroxylation sites is 1. The van der Waals surface area contributed by atoms with Crippen LogP contribution in [0.5, 0.6) is 0 Å². The first-order chi connectivity index (χ1) is 9.02. The average molecular weight is 277 g/mol. The van der Waals surface area contributed by atoms with Crippen molar-refractivity contribution in [3.05, 3.63) is 40.4 Å². The predicted octanol–water partition coefficient (Wildman–Crippen LogP) is 1.82. The van der Waals surface area contributed by atoms with Crippen LogP contribution in [0.1, 0.15) is 25.7 Å². The molecule has 0 aliphatic rings. The van der Waals surface area contributed by atoms with Crippen LogP contribution in [0, 0.1) is 6.92 Å². The van der Waals surface area contributed by atoms with Crippen LogP contribution in [0.3, 0.4) is 0 Å². The highest BCUT2D eigenvalue weighted by Crippen LogP contribution is 2.22. The summed E-state index contributed by atoms with van der Waals surface area (Å²) in [7, 11) is 1.53. The maximum absolute atomic E-state index is 12.3. The Bertz CT molecular complexity index is 639. The van der Waals surface area contributed by atoms with E-state index in [1.807, 2.05) is 0 Å². The van der Waals surface area contributed by atoms with Gasteiger partial charge < -0.3 is 10.0 Å². The molecule has 1 N–H and O–H groups in total. The molecular formula is C12H11N3O3S. The van der Waals surface area contributed by atoms with Gasteiger partial charge in [-0.15, -0.1) is 5.10 Å².